The Bertz CT molecular complexity index is 2760. The van der Waals surface area contributed by atoms with Crippen molar-refractivity contribution >= 4 is 124 Å². The van der Waals surface area contributed by atoms with Crippen LogP contribution in [0, 0.1) is 0 Å². The highest BCUT2D eigenvalue weighted by Crippen LogP contribution is 2.38. The second kappa shape index (κ2) is 15.7. The number of fused-ring (bicyclic) bond motifs is 4. The van der Waals surface area contributed by atoms with Gasteiger partial charge in [0.25, 0.3) is 0 Å². The molecular weight excluding hydrogens is 852 g/mol. The molecule has 2 aliphatic heterocycles. The van der Waals surface area contributed by atoms with Crippen LogP contribution in [0.5, 0.6) is 0 Å². The summed E-state index contributed by atoms with van der Waals surface area (Å²) in [6.45, 7) is 0.644. The van der Waals surface area contributed by atoms with Crippen LogP contribution in [0.1, 0.15) is 0 Å². The molecule has 6 heteroatoms. The van der Waals surface area contributed by atoms with Gasteiger partial charge in [0.1, 0.15) is 0 Å². The molecule has 0 aliphatic carbocycles. The molecule has 60 heavy (non-hydrogen) atoms. The average Bonchev–Trinajstić information content (AvgIpc) is 3.31. The molecule has 0 spiro atoms. The van der Waals surface area contributed by atoms with Crippen LogP contribution in [-0.2, 0) is 0 Å². The summed E-state index contributed by atoms with van der Waals surface area (Å²) in [6, 6.07) is 81.0. The molecule has 0 radical (unpaired) electrons. The van der Waals surface area contributed by atoms with Crippen LogP contribution in [0.15, 0.2) is 227 Å². The van der Waals surface area contributed by atoms with Crippen LogP contribution in [0.25, 0.3) is 22.3 Å². The minimum Gasteiger partial charge on any atom is -0.0733 e. The molecule has 2 heterocycles. The molecule has 9 aromatic carbocycles. The lowest BCUT2D eigenvalue weighted by atomic mass is 9.21. The highest BCUT2D eigenvalue weighted by atomic mass is 79.9. The van der Waals surface area contributed by atoms with Crippen molar-refractivity contribution in [3.63, 3.8) is 0 Å². The van der Waals surface area contributed by atoms with Crippen molar-refractivity contribution in [3.05, 3.63) is 227 Å². The summed E-state index contributed by atoms with van der Waals surface area (Å²) in [5.74, 6) is 0. The smallest absolute Gasteiger partial charge is 0.0733 e. The van der Waals surface area contributed by atoms with Gasteiger partial charge in [0.05, 0.1) is 0 Å². The molecule has 2 aliphatic rings. The first kappa shape index (κ1) is 37.2. The van der Waals surface area contributed by atoms with Gasteiger partial charge in [-0.3, -0.25) is 0 Å². The highest BCUT2D eigenvalue weighted by molar-refractivity contribution is 9.11. The Kier molecular flexibility index (Phi) is 9.72. The third-order valence-electron chi connectivity index (χ3n) is 12.9. The fraction of sp³-hybridized carbons (Fsp3) is 0. The minimum absolute atomic E-state index is 0.125. The van der Waals surface area contributed by atoms with Gasteiger partial charge in [-0.1, -0.05) is 304 Å². The van der Waals surface area contributed by atoms with Gasteiger partial charge >= 0.3 is 0 Å². The highest BCUT2D eigenvalue weighted by Gasteiger charge is 2.39. The molecule has 0 fully saturated rings. The van der Waals surface area contributed by atoms with Crippen molar-refractivity contribution in [2.45, 2.75) is 0 Å². The molecule has 0 atom stereocenters. The molecule has 0 amide bonds. The van der Waals surface area contributed by atoms with E-state index in [0.29, 0.717) is 0 Å². The fourth-order valence-electron chi connectivity index (χ4n) is 10.3. The molecule has 0 saturated carbocycles. The van der Waals surface area contributed by atoms with E-state index in [4.69, 9.17) is 0 Å². The van der Waals surface area contributed by atoms with Gasteiger partial charge in [-0.05, 0) is 34.4 Å². The van der Waals surface area contributed by atoms with E-state index in [2.05, 4.69) is 250 Å². The zero-order chi connectivity index (χ0) is 40.2. The molecule has 0 nitrogen and oxygen atoms in total. The maximum absolute atomic E-state index is 4.07. The SMILES string of the molecule is Brc1cc(-c2cccc(B3c4ccccc4B(c4ccccc4)c4ccccc43)c2)c(Br)cc1-c1cccc(B2c3ccccc3B(c3ccccc3)c3ccccc32)c1. The molecule has 9 aromatic rings. The van der Waals surface area contributed by atoms with Gasteiger partial charge in [0.15, 0.2) is 0 Å². The maximum Gasteiger partial charge on any atom is 0.240 e. The van der Waals surface area contributed by atoms with E-state index in [1.807, 2.05) is 0 Å². The molecule has 0 N–H and O–H groups in total. The van der Waals surface area contributed by atoms with E-state index in [1.54, 1.807) is 0 Å². The summed E-state index contributed by atoms with van der Waals surface area (Å²) in [6.07, 6.45) is 0. The predicted molar refractivity (Wildman–Crippen MR) is 270 cm³/mol. The van der Waals surface area contributed by atoms with E-state index < -0.39 is 0 Å². The Balaban J connectivity index is 0.966. The maximum atomic E-state index is 4.07. The van der Waals surface area contributed by atoms with Crippen LogP contribution in [0.4, 0.5) is 0 Å². The van der Waals surface area contributed by atoms with E-state index >= 15 is 0 Å². The Morgan fingerprint density at radius 1 is 0.233 bits per heavy atom. The molecule has 278 valence electrons. The first-order valence-corrected chi connectivity index (χ1v) is 22.4. The summed E-state index contributed by atoms with van der Waals surface area (Å²) in [5, 5.41) is 0. The number of hydrogen-bond acceptors (Lipinski definition) is 0. The van der Waals surface area contributed by atoms with Gasteiger partial charge in [-0.15, -0.1) is 0 Å². The third-order valence-corrected chi connectivity index (χ3v) is 14.2. The zero-order valence-corrected chi connectivity index (χ0v) is 36.0. The summed E-state index contributed by atoms with van der Waals surface area (Å²) < 4.78 is 2.13. The fourth-order valence-corrected chi connectivity index (χ4v) is 11.4. The second-order valence-corrected chi connectivity index (χ2v) is 17.8. The molecule has 0 aromatic heterocycles. The van der Waals surface area contributed by atoms with Crippen molar-refractivity contribution in [3.8, 4) is 22.3 Å². The molecule has 0 bridgehead atoms. The zero-order valence-electron chi connectivity index (χ0n) is 32.8. The Morgan fingerprint density at radius 3 is 0.783 bits per heavy atom. The normalized spacial score (nSPS) is 12.7. The van der Waals surface area contributed by atoms with Crippen molar-refractivity contribution in [2.75, 3.05) is 0 Å². The minimum atomic E-state index is 0.125. The topological polar surface area (TPSA) is 0 Å². The van der Waals surface area contributed by atoms with Gasteiger partial charge in [0.2, 0.25) is 26.9 Å². The van der Waals surface area contributed by atoms with Gasteiger partial charge in [-0.2, -0.15) is 0 Å². The lowest BCUT2D eigenvalue weighted by Gasteiger charge is -2.32. The van der Waals surface area contributed by atoms with Crippen molar-refractivity contribution in [1.29, 1.82) is 0 Å². The summed E-state index contributed by atoms with van der Waals surface area (Å²) >= 11 is 8.13. The lowest BCUT2D eigenvalue weighted by Crippen LogP contribution is -2.74. The van der Waals surface area contributed by atoms with Crippen LogP contribution in [0.2, 0.25) is 0 Å². The Labute approximate surface area is 371 Å². The number of hydrogen-bond donors (Lipinski definition) is 0. The van der Waals surface area contributed by atoms with Crippen molar-refractivity contribution < 1.29 is 0 Å². The first-order valence-electron chi connectivity index (χ1n) is 20.8. The lowest BCUT2D eigenvalue weighted by molar-refractivity contribution is 1.54. The van der Waals surface area contributed by atoms with Crippen LogP contribution >= 0.6 is 31.9 Å². The van der Waals surface area contributed by atoms with Crippen LogP contribution < -0.4 is 65.6 Å². The number of halogens is 2. The Hall–Kier alpha value is -5.80. The predicted octanol–water partition coefficient (Wildman–Crippen LogP) is 5.24. The number of rotatable bonds is 6. The summed E-state index contributed by atoms with van der Waals surface area (Å²) in [4.78, 5) is 0. The Morgan fingerprint density at radius 2 is 0.483 bits per heavy atom. The van der Waals surface area contributed by atoms with Gasteiger partial charge in [-0.25, -0.2) is 0 Å². The molecule has 0 saturated heterocycles. The second-order valence-electron chi connectivity index (χ2n) is 16.1. The average molecular weight is 888 g/mol. The molecular formula is C54H36B4Br2. The largest absolute Gasteiger partial charge is 0.240 e. The molecule has 11 rings (SSSR count). The summed E-state index contributed by atoms with van der Waals surface area (Å²) in [7, 11) is 0. The van der Waals surface area contributed by atoms with Gasteiger partial charge in [0, 0.05) is 8.95 Å². The van der Waals surface area contributed by atoms with Crippen LogP contribution in [-0.4, -0.2) is 26.9 Å². The van der Waals surface area contributed by atoms with E-state index in [-0.39, 0.29) is 26.9 Å². The van der Waals surface area contributed by atoms with Crippen LogP contribution in [0.3, 0.4) is 0 Å². The van der Waals surface area contributed by atoms with Crippen molar-refractivity contribution in [2.24, 2.45) is 0 Å². The quantitative estimate of drug-likeness (QED) is 0.201. The number of benzene rings is 9. The van der Waals surface area contributed by atoms with E-state index in [9.17, 15) is 0 Å². The summed E-state index contributed by atoms with van der Waals surface area (Å²) in [5.41, 5.74) is 20.9. The van der Waals surface area contributed by atoms with E-state index in [1.165, 1.54) is 76.7 Å². The van der Waals surface area contributed by atoms with Gasteiger partial charge < -0.3 is 0 Å². The monoisotopic (exact) mass is 886 g/mol. The van der Waals surface area contributed by atoms with E-state index in [0.717, 1.165) is 20.1 Å². The third kappa shape index (κ3) is 6.40. The first-order chi connectivity index (χ1) is 29.6. The molecule has 0 unspecified atom stereocenters. The standard InChI is InChI=1S/C54H36B4Br2/c59-53-36-44(38-18-16-24-42(34-38)58-51-31-13-9-27-47(51)56(40-21-5-2-6-22-40)48-28-10-14-32-52(48)58)54(60)35-43(53)37-17-15-23-41(33-37)57-49-29-11-7-25-45(49)55(39-19-3-1-4-20-39)46-26-8-12-30-50(46)57/h1-36H. The van der Waals surface area contributed by atoms with Crippen molar-refractivity contribution in [1.82, 2.24) is 0 Å².